The fourth-order valence-corrected chi connectivity index (χ4v) is 3.05. The second kappa shape index (κ2) is 9.23. The second-order valence-electron chi connectivity index (χ2n) is 6.66. The zero-order valence-corrected chi connectivity index (χ0v) is 15.9. The summed E-state index contributed by atoms with van der Waals surface area (Å²) in [6, 6.07) is 12.9. The van der Waals surface area contributed by atoms with Gasteiger partial charge in [-0.3, -0.25) is 19.7 Å². The number of ether oxygens (including phenoxy) is 1. The van der Waals surface area contributed by atoms with Crippen molar-refractivity contribution in [3.63, 3.8) is 0 Å². The SMILES string of the molecule is CCC(CCOC)(CC(=O)c1ccc(-c2ccc([N+](=O)[O-])cc2)cc1)C(=O)O. The molecule has 0 radical (unpaired) electrons. The van der Waals surface area contributed by atoms with Crippen LogP contribution in [0, 0.1) is 15.5 Å². The van der Waals surface area contributed by atoms with E-state index in [4.69, 9.17) is 4.74 Å². The van der Waals surface area contributed by atoms with Crippen LogP contribution in [0.4, 0.5) is 5.69 Å². The number of benzene rings is 2. The van der Waals surface area contributed by atoms with E-state index in [9.17, 15) is 24.8 Å². The smallest absolute Gasteiger partial charge is 0.310 e. The Bertz CT molecular complexity index is 844. The van der Waals surface area contributed by atoms with Crippen molar-refractivity contribution in [1.29, 1.82) is 0 Å². The topological polar surface area (TPSA) is 107 Å². The summed E-state index contributed by atoms with van der Waals surface area (Å²) >= 11 is 0. The molecule has 148 valence electrons. The minimum absolute atomic E-state index is 0.0104. The van der Waals surface area contributed by atoms with Crippen molar-refractivity contribution in [3.05, 3.63) is 64.2 Å². The quantitative estimate of drug-likeness (QED) is 0.370. The number of Topliss-reactive ketones (excluding diaryl/α,β-unsaturated/α-hetero) is 1. The number of carboxylic acids is 1. The Balaban J connectivity index is 2.18. The molecule has 7 heteroatoms. The van der Waals surface area contributed by atoms with Gasteiger partial charge in [-0.15, -0.1) is 0 Å². The lowest BCUT2D eigenvalue weighted by Crippen LogP contribution is -2.34. The Morgan fingerprint density at radius 1 is 1.07 bits per heavy atom. The minimum Gasteiger partial charge on any atom is -0.481 e. The van der Waals surface area contributed by atoms with Gasteiger partial charge in [0.15, 0.2) is 5.78 Å². The van der Waals surface area contributed by atoms with E-state index in [0.717, 1.165) is 11.1 Å². The molecule has 0 amide bonds. The highest BCUT2D eigenvalue weighted by molar-refractivity contribution is 5.99. The summed E-state index contributed by atoms with van der Waals surface area (Å²) in [5, 5.41) is 20.4. The van der Waals surface area contributed by atoms with Crippen molar-refractivity contribution >= 4 is 17.4 Å². The molecule has 0 saturated carbocycles. The third-order valence-corrected chi connectivity index (χ3v) is 5.03. The average molecular weight is 385 g/mol. The number of nitrogens with zero attached hydrogens (tertiary/aromatic N) is 1. The number of rotatable bonds is 10. The largest absolute Gasteiger partial charge is 0.481 e. The molecule has 0 heterocycles. The molecule has 0 bridgehead atoms. The van der Waals surface area contributed by atoms with Crippen LogP contribution in [0.15, 0.2) is 48.5 Å². The van der Waals surface area contributed by atoms with Crippen LogP contribution in [-0.4, -0.2) is 35.5 Å². The highest BCUT2D eigenvalue weighted by Gasteiger charge is 2.38. The first-order chi connectivity index (χ1) is 13.3. The number of ketones is 1. The van der Waals surface area contributed by atoms with Gasteiger partial charge in [-0.25, -0.2) is 0 Å². The molecule has 0 aliphatic rings. The first-order valence-electron chi connectivity index (χ1n) is 8.93. The summed E-state index contributed by atoms with van der Waals surface area (Å²) < 4.78 is 5.01. The Labute approximate surface area is 163 Å². The van der Waals surface area contributed by atoms with Crippen LogP contribution in [0.5, 0.6) is 0 Å². The summed E-state index contributed by atoms with van der Waals surface area (Å²) in [5.74, 6) is -1.24. The molecule has 28 heavy (non-hydrogen) atoms. The highest BCUT2D eigenvalue weighted by atomic mass is 16.6. The molecule has 0 fully saturated rings. The Morgan fingerprint density at radius 2 is 1.61 bits per heavy atom. The number of nitro benzene ring substituents is 1. The molecule has 2 aromatic rings. The second-order valence-corrected chi connectivity index (χ2v) is 6.66. The van der Waals surface area contributed by atoms with Gasteiger partial charge >= 0.3 is 5.97 Å². The van der Waals surface area contributed by atoms with Crippen LogP contribution in [0.2, 0.25) is 0 Å². The van der Waals surface area contributed by atoms with Crippen molar-refractivity contribution in [2.75, 3.05) is 13.7 Å². The summed E-state index contributed by atoms with van der Waals surface area (Å²) in [4.78, 5) is 34.7. The van der Waals surface area contributed by atoms with Crippen LogP contribution in [0.25, 0.3) is 11.1 Å². The molecule has 1 atom stereocenters. The fourth-order valence-electron chi connectivity index (χ4n) is 3.05. The van der Waals surface area contributed by atoms with E-state index in [0.29, 0.717) is 12.0 Å². The predicted molar refractivity (Wildman–Crippen MR) is 104 cm³/mol. The molecule has 0 aromatic heterocycles. The summed E-state index contributed by atoms with van der Waals surface area (Å²) in [5.41, 5.74) is 0.895. The van der Waals surface area contributed by atoms with E-state index in [1.165, 1.54) is 19.2 Å². The van der Waals surface area contributed by atoms with Crippen molar-refractivity contribution in [2.24, 2.45) is 5.41 Å². The van der Waals surface area contributed by atoms with Gasteiger partial charge in [0.1, 0.15) is 0 Å². The Kier molecular flexibility index (Phi) is 7.00. The van der Waals surface area contributed by atoms with E-state index < -0.39 is 16.3 Å². The lowest BCUT2D eigenvalue weighted by Gasteiger charge is -2.27. The molecular formula is C21H23NO6. The molecule has 1 unspecified atom stereocenters. The summed E-state index contributed by atoms with van der Waals surface area (Å²) in [6.07, 6.45) is 0.499. The number of nitro groups is 1. The monoisotopic (exact) mass is 385 g/mol. The minimum atomic E-state index is -1.15. The highest BCUT2D eigenvalue weighted by Crippen LogP contribution is 2.33. The van der Waals surface area contributed by atoms with E-state index in [1.54, 1.807) is 43.3 Å². The number of carbonyl (C=O) groups is 2. The van der Waals surface area contributed by atoms with Gasteiger partial charge in [0.2, 0.25) is 0 Å². The average Bonchev–Trinajstić information content (AvgIpc) is 2.71. The lowest BCUT2D eigenvalue weighted by atomic mass is 9.76. The van der Waals surface area contributed by atoms with Crippen LogP contribution in [0.1, 0.15) is 36.5 Å². The van der Waals surface area contributed by atoms with E-state index in [1.807, 2.05) is 0 Å². The zero-order chi connectivity index (χ0) is 20.7. The number of aliphatic carboxylic acids is 1. The van der Waals surface area contributed by atoms with Crippen molar-refractivity contribution in [1.82, 2.24) is 0 Å². The normalized spacial score (nSPS) is 12.9. The number of hydrogen-bond acceptors (Lipinski definition) is 5. The maximum Gasteiger partial charge on any atom is 0.310 e. The molecule has 7 nitrogen and oxygen atoms in total. The molecule has 1 N–H and O–H groups in total. The number of non-ortho nitro benzene ring substituents is 1. The number of carboxylic acid groups (broad SMARTS) is 1. The molecule has 0 spiro atoms. The summed E-state index contributed by atoms with van der Waals surface area (Å²) in [7, 11) is 1.50. The zero-order valence-electron chi connectivity index (χ0n) is 15.9. The van der Waals surface area contributed by atoms with E-state index >= 15 is 0 Å². The molecule has 0 aliphatic heterocycles. The van der Waals surface area contributed by atoms with Crippen LogP contribution < -0.4 is 0 Å². The van der Waals surface area contributed by atoms with Crippen LogP contribution >= 0.6 is 0 Å². The Hall–Kier alpha value is -3.06. The molecule has 0 aliphatic carbocycles. The number of hydrogen-bond donors (Lipinski definition) is 1. The standard InChI is InChI=1S/C21H23NO6/c1-3-21(20(24)25,12-13-28-2)14-19(23)17-6-4-15(5-7-17)16-8-10-18(11-9-16)22(26)27/h4-11H,3,12-14H2,1-2H3,(H,24,25). The van der Waals surface area contributed by atoms with Crippen molar-refractivity contribution < 1.29 is 24.4 Å². The van der Waals surface area contributed by atoms with Gasteiger partial charge in [0.05, 0.1) is 10.3 Å². The third kappa shape index (κ3) is 4.80. The van der Waals surface area contributed by atoms with Gasteiger partial charge in [-0.2, -0.15) is 0 Å². The van der Waals surface area contributed by atoms with Gasteiger partial charge in [-0.1, -0.05) is 31.2 Å². The van der Waals surface area contributed by atoms with Crippen LogP contribution in [-0.2, 0) is 9.53 Å². The number of carbonyl (C=O) groups excluding carboxylic acids is 1. The van der Waals surface area contributed by atoms with E-state index in [2.05, 4.69) is 0 Å². The first kappa shape index (κ1) is 21.2. The van der Waals surface area contributed by atoms with Gasteiger partial charge in [0.25, 0.3) is 5.69 Å². The molecule has 0 saturated heterocycles. The summed E-state index contributed by atoms with van der Waals surface area (Å²) in [6.45, 7) is 2.03. The maximum absolute atomic E-state index is 12.7. The molecular weight excluding hydrogens is 362 g/mol. The lowest BCUT2D eigenvalue weighted by molar-refractivity contribution is -0.384. The van der Waals surface area contributed by atoms with Gasteiger partial charge < -0.3 is 9.84 Å². The number of methoxy groups -OCH3 is 1. The predicted octanol–water partition coefficient (Wildman–Crippen LogP) is 4.35. The van der Waals surface area contributed by atoms with Crippen LogP contribution in [0.3, 0.4) is 0 Å². The van der Waals surface area contributed by atoms with Crippen molar-refractivity contribution in [2.45, 2.75) is 26.2 Å². The van der Waals surface area contributed by atoms with E-state index in [-0.39, 0.29) is 30.9 Å². The van der Waals surface area contributed by atoms with Gasteiger partial charge in [0, 0.05) is 37.8 Å². The molecule has 2 rings (SSSR count). The van der Waals surface area contributed by atoms with Crippen molar-refractivity contribution in [3.8, 4) is 11.1 Å². The molecule has 2 aromatic carbocycles. The fraction of sp³-hybridized carbons (Fsp3) is 0.333. The Morgan fingerprint density at radius 3 is 2.04 bits per heavy atom. The van der Waals surface area contributed by atoms with Gasteiger partial charge in [-0.05, 0) is 36.1 Å². The third-order valence-electron chi connectivity index (χ3n) is 5.03. The first-order valence-corrected chi connectivity index (χ1v) is 8.93. The maximum atomic E-state index is 12.7.